The third-order valence-electron chi connectivity index (χ3n) is 2.99. The van der Waals surface area contributed by atoms with Gasteiger partial charge in [0.2, 0.25) is 0 Å². The molecule has 2 rings (SSSR count). The number of pyridine rings is 1. The van der Waals surface area contributed by atoms with Gasteiger partial charge < -0.3 is 4.90 Å². The predicted molar refractivity (Wildman–Crippen MR) is 69.2 cm³/mol. The van der Waals surface area contributed by atoms with Crippen molar-refractivity contribution < 1.29 is 0 Å². The average Bonchev–Trinajstić information content (AvgIpc) is 3.10. The summed E-state index contributed by atoms with van der Waals surface area (Å²) in [6.45, 7) is 5.46. The summed E-state index contributed by atoms with van der Waals surface area (Å²) in [4.78, 5) is 7.02. The SMILES string of the molecule is CCCN(c1ncc(CCl)cc1C)C1CC1. The van der Waals surface area contributed by atoms with Crippen LogP contribution in [0.5, 0.6) is 0 Å². The largest absolute Gasteiger partial charge is 0.353 e. The van der Waals surface area contributed by atoms with E-state index in [0.717, 1.165) is 24.0 Å². The molecule has 1 saturated carbocycles. The van der Waals surface area contributed by atoms with E-state index in [2.05, 4.69) is 29.8 Å². The minimum absolute atomic E-state index is 0.547. The lowest BCUT2D eigenvalue weighted by atomic mass is 10.2. The van der Waals surface area contributed by atoms with Gasteiger partial charge in [0.15, 0.2) is 0 Å². The van der Waals surface area contributed by atoms with Crippen molar-refractivity contribution in [1.29, 1.82) is 0 Å². The number of anilines is 1. The van der Waals surface area contributed by atoms with Crippen LogP contribution < -0.4 is 4.90 Å². The van der Waals surface area contributed by atoms with Crippen LogP contribution in [0.3, 0.4) is 0 Å². The molecule has 1 aromatic rings. The van der Waals surface area contributed by atoms with Crippen LogP contribution in [0.15, 0.2) is 12.3 Å². The molecule has 1 aliphatic rings. The van der Waals surface area contributed by atoms with E-state index in [1.54, 1.807) is 0 Å². The van der Waals surface area contributed by atoms with Gasteiger partial charge in [-0.25, -0.2) is 4.98 Å². The summed E-state index contributed by atoms with van der Waals surface area (Å²) < 4.78 is 0. The molecule has 0 amide bonds. The van der Waals surface area contributed by atoms with Crippen molar-refractivity contribution in [2.24, 2.45) is 0 Å². The minimum atomic E-state index is 0.547. The monoisotopic (exact) mass is 238 g/mol. The first kappa shape index (κ1) is 11.7. The van der Waals surface area contributed by atoms with Gasteiger partial charge in [0.1, 0.15) is 5.82 Å². The van der Waals surface area contributed by atoms with Crippen LogP contribution in [0.25, 0.3) is 0 Å². The third-order valence-corrected chi connectivity index (χ3v) is 3.29. The molecule has 0 radical (unpaired) electrons. The van der Waals surface area contributed by atoms with Crippen molar-refractivity contribution in [2.45, 2.75) is 45.0 Å². The van der Waals surface area contributed by atoms with E-state index >= 15 is 0 Å². The molecule has 2 nitrogen and oxygen atoms in total. The van der Waals surface area contributed by atoms with Crippen molar-refractivity contribution >= 4 is 17.4 Å². The lowest BCUT2D eigenvalue weighted by molar-refractivity contribution is 0.747. The van der Waals surface area contributed by atoms with Crippen molar-refractivity contribution in [2.75, 3.05) is 11.4 Å². The fourth-order valence-corrected chi connectivity index (χ4v) is 2.23. The summed E-state index contributed by atoms with van der Waals surface area (Å²) in [6.07, 6.45) is 5.71. The molecule has 0 N–H and O–H groups in total. The number of aryl methyl sites for hydroxylation is 1. The van der Waals surface area contributed by atoms with Crippen LogP contribution in [0.1, 0.15) is 37.3 Å². The third kappa shape index (κ3) is 2.49. The topological polar surface area (TPSA) is 16.1 Å². The first-order valence-corrected chi connectivity index (χ1v) is 6.57. The number of alkyl halides is 1. The molecule has 1 aromatic heterocycles. The number of hydrogen-bond donors (Lipinski definition) is 0. The fourth-order valence-electron chi connectivity index (χ4n) is 2.09. The van der Waals surface area contributed by atoms with Gasteiger partial charge in [-0.2, -0.15) is 0 Å². The van der Waals surface area contributed by atoms with Crippen LogP contribution in [-0.2, 0) is 5.88 Å². The summed E-state index contributed by atoms with van der Waals surface area (Å²) in [5.41, 5.74) is 2.36. The Hall–Kier alpha value is -0.760. The standard InChI is InChI=1S/C13H19ClN2/c1-3-6-16(12-4-5-12)13-10(2)7-11(8-14)9-15-13/h7,9,12H,3-6,8H2,1-2H3. The molecule has 0 saturated heterocycles. The molecule has 0 atom stereocenters. The van der Waals surface area contributed by atoms with Crippen molar-refractivity contribution in [3.05, 3.63) is 23.4 Å². The van der Waals surface area contributed by atoms with E-state index in [9.17, 15) is 0 Å². The highest BCUT2D eigenvalue weighted by Gasteiger charge is 2.30. The van der Waals surface area contributed by atoms with Crippen molar-refractivity contribution in [1.82, 2.24) is 4.98 Å². The quantitative estimate of drug-likeness (QED) is 0.730. The van der Waals surface area contributed by atoms with E-state index in [1.807, 2.05) is 6.20 Å². The molecule has 0 aliphatic heterocycles. The number of aromatic nitrogens is 1. The van der Waals surface area contributed by atoms with Gasteiger partial charge >= 0.3 is 0 Å². The Labute approximate surface area is 103 Å². The summed E-state index contributed by atoms with van der Waals surface area (Å²) in [6, 6.07) is 2.88. The van der Waals surface area contributed by atoms with E-state index in [-0.39, 0.29) is 0 Å². The number of hydrogen-bond acceptors (Lipinski definition) is 2. The maximum atomic E-state index is 5.81. The van der Waals surface area contributed by atoms with Gasteiger partial charge in [-0.1, -0.05) is 6.92 Å². The van der Waals surface area contributed by atoms with E-state index in [1.165, 1.54) is 24.8 Å². The Balaban J connectivity index is 2.22. The zero-order valence-corrected chi connectivity index (χ0v) is 10.8. The molecule has 88 valence electrons. The molecular weight excluding hydrogens is 220 g/mol. The Morgan fingerprint density at radius 2 is 2.25 bits per heavy atom. The lowest BCUT2D eigenvalue weighted by Crippen LogP contribution is -2.28. The summed E-state index contributed by atoms with van der Waals surface area (Å²) >= 11 is 5.81. The summed E-state index contributed by atoms with van der Waals surface area (Å²) in [5, 5.41) is 0. The molecular formula is C13H19ClN2. The molecule has 0 spiro atoms. The average molecular weight is 239 g/mol. The van der Waals surface area contributed by atoms with Gasteiger partial charge in [-0.15, -0.1) is 11.6 Å². The smallest absolute Gasteiger partial charge is 0.131 e. The zero-order valence-electron chi connectivity index (χ0n) is 10.0. The van der Waals surface area contributed by atoms with Gasteiger partial charge in [-0.3, -0.25) is 0 Å². The Morgan fingerprint density at radius 3 is 2.75 bits per heavy atom. The Bertz CT molecular complexity index is 361. The van der Waals surface area contributed by atoms with Crippen LogP contribution in [0, 0.1) is 6.92 Å². The highest BCUT2D eigenvalue weighted by atomic mass is 35.5. The Kier molecular flexibility index (Phi) is 3.70. The van der Waals surface area contributed by atoms with Crippen LogP contribution in [-0.4, -0.2) is 17.6 Å². The normalized spacial score (nSPS) is 15.2. The molecule has 1 aliphatic carbocycles. The number of rotatable bonds is 5. The van der Waals surface area contributed by atoms with E-state index in [0.29, 0.717) is 5.88 Å². The fraction of sp³-hybridized carbons (Fsp3) is 0.615. The van der Waals surface area contributed by atoms with Gasteiger partial charge in [0.25, 0.3) is 0 Å². The van der Waals surface area contributed by atoms with Crippen LogP contribution in [0.2, 0.25) is 0 Å². The summed E-state index contributed by atoms with van der Waals surface area (Å²) in [7, 11) is 0. The second-order valence-corrected chi connectivity index (χ2v) is 4.81. The predicted octanol–water partition coefficient (Wildman–Crippen LogP) is 3.51. The second-order valence-electron chi connectivity index (χ2n) is 4.54. The van der Waals surface area contributed by atoms with Gasteiger partial charge in [-0.05, 0) is 43.4 Å². The minimum Gasteiger partial charge on any atom is -0.353 e. The maximum absolute atomic E-state index is 5.81. The molecule has 0 aromatic carbocycles. The highest BCUT2D eigenvalue weighted by molar-refractivity contribution is 6.17. The second kappa shape index (κ2) is 5.05. The highest BCUT2D eigenvalue weighted by Crippen LogP contribution is 2.32. The van der Waals surface area contributed by atoms with Crippen molar-refractivity contribution in [3.8, 4) is 0 Å². The zero-order chi connectivity index (χ0) is 11.5. The molecule has 1 heterocycles. The molecule has 16 heavy (non-hydrogen) atoms. The van der Waals surface area contributed by atoms with Crippen LogP contribution >= 0.6 is 11.6 Å². The van der Waals surface area contributed by atoms with Gasteiger partial charge in [0.05, 0.1) is 0 Å². The molecule has 0 unspecified atom stereocenters. The number of nitrogens with zero attached hydrogens (tertiary/aromatic N) is 2. The van der Waals surface area contributed by atoms with Gasteiger partial charge in [0, 0.05) is 24.7 Å². The molecule has 0 bridgehead atoms. The van der Waals surface area contributed by atoms with E-state index in [4.69, 9.17) is 11.6 Å². The number of halogens is 1. The van der Waals surface area contributed by atoms with Crippen molar-refractivity contribution in [3.63, 3.8) is 0 Å². The lowest BCUT2D eigenvalue weighted by Gasteiger charge is -2.24. The van der Waals surface area contributed by atoms with E-state index < -0.39 is 0 Å². The Morgan fingerprint density at radius 1 is 1.50 bits per heavy atom. The first-order valence-electron chi connectivity index (χ1n) is 6.04. The van der Waals surface area contributed by atoms with Crippen LogP contribution in [0.4, 0.5) is 5.82 Å². The maximum Gasteiger partial charge on any atom is 0.131 e. The first-order chi connectivity index (χ1) is 7.76. The summed E-state index contributed by atoms with van der Waals surface area (Å²) in [5.74, 6) is 1.70. The molecule has 3 heteroatoms. The molecule has 1 fully saturated rings.